The van der Waals surface area contributed by atoms with Crippen molar-refractivity contribution in [2.75, 3.05) is 19.7 Å². The molecular formula is C19H24BrNO5S. The van der Waals surface area contributed by atoms with Gasteiger partial charge in [0.2, 0.25) is 0 Å². The van der Waals surface area contributed by atoms with Crippen molar-refractivity contribution in [1.82, 2.24) is 4.31 Å². The second kappa shape index (κ2) is 8.43. The molecule has 1 fully saturated rings. The van der Waals surface area contributed by atoms with Crippen molar-refractivity contribution in [3.8, 4) is 0 Å². The van der Waals surface area contributed by atoms with Gasteiger partial charge in [-0.25, -0.2) is 0 Å². The lowest BCUT2D eigenvalue weighted by Gasteiger charge is -2.28. The molecule has 0 radical (unpaired) electrons. The summed E-state index contributed by atoms with van der Waals surface area (Å²) in [6, 6.07) is 6.08. The number of halogens is 1. The summed E-state index contributed by atoms with van der Waals surface area (Å²) in [5.74, 6) is -1.10. The molecule has 0 spiro atoms. The van der Waals surface area contributed by atoms with Crippen LogP contribution in [0.3, 0.4) is 0 Å². The van der Waals surface area contributed by atoms with Crippen molar-refractivity contribution in [2.45, 2.75) is 39.2 Å². The number of ether oxygens (including phenoxy) is 1. The minimum Gasteiger partial charge on any atom is -0.378 e. The zero-order chi connectivity index (χ0) is 19.6. The lowest BCUT2D eigenvalue weighted by atomic mass is 9.97. The number of benzene rings is 1. The van der Waals surface area contributed by atoms with Gasteiger partial charge in [-0.1, -0.05) is 34.1 Å². The van der Waals surface area contributed by atoms with Crippen LogP contribution >= 0.6 is 15.9 Å². The van der Waals surface area contributed by atoms with E-state index in [1.54, 1.807) is 0 Å². The van der Waals surface area contributed by atoms with E-state index in [-0.39, 0.29) is 12.6 Å². The third-order valence-electron chi connectivity index (χ3n) is 5.02. The molecule has 1 saturated heterocycles. The first-order valence-corrected chi connectivity index (χ1v) is 11.2. The van der Waals surface area contributed by atoms with Crippen molar-refractivity contribution in [3.63, 3.8) is 0 Å². The summed E-state index contributed by atoms with van der Waals surface area (Å²) in [7, 11) is -4.08. The average Bonchev–Trinajstić information content (AvgIpc) is 2.64. The number of hydrogen-bond acceptors (Lipinski definition) is 5. The highest BCUT2D eigenvalue weighted by Gasteiger charge is 2.33. The summed E-state index contributed by atoms with van der Waals surface area (Å²) < 4.78 is 37.5. The number of rotatable bonds is 4. The van der Waals surface area contributed by atoms with Gasteiger partial charge in [0, 0.05) is 24.2 Å². The van der Waals surface area contributed by atoms with Crippen molar-refractivity contribution in [2.24, 2.45) is 5.92 Å². The fraction of sp³-hybridized carbons (Fsp3) is 0.526. The molecule has 0 saturated carbocycles. The van der Waals surface area contributed by atoms with E-state index in [0.717, 1.165) is 21.2 Å². The topological polar surface area (TPSA) is 72.9 Å². The van der Waals surface area contributed by atoms with E-state index in [0.29, 0.717) is 32.4 Å². The second-order valence-corrected chi connectivity index (χ2v) is 9.46. The van der Waals surface area contributed by atoms with Crippen LogP contribution in [0.2, 0.25) is 0 Å². The van der Waals surface area contributed by atoms with Crippen LogP contribution < -0.4 is 0 Å². The Morgan fingerprint density at radius 2 is 2.15 bits per heavy atom. The molecular weight excluding hydrogens is 434 g/mol. The number of carbonyl (C=O) groups excluding carboxylic acids is 1. The van der Waals surface area contributed by atoms with Crippen molar-refractivity contribution in [3.05, 3.63) is 39.9 Å². The van der Waals surface area contributed by atoms with Crippen LogP contribution in [0, 0.1) is 12.8 Å². The van der Waals surface area contributed by atoms with Gasteiger partial charge in [-0.15, -0.1) is 0 Å². The van der Waals surface area contributed by atoms with Gasteiger partial charge in [0.1, 0.15) is 0 Å². The zero-order valence-corrected chi connectivity index (χ0v) is 17.9. The zero-order valence-electron chi connectivity index (χ0n) is 15.5. The van der Waals surface area contributed by atoms with E-state index in [2.05, 4.69) is 22.0 Å². The maximum Gasteiger partial charge on any atom is 0.387 e. The third kappa shape index (κ3) is 4.99. The van der Waals surface area contributed by atoms with Gasteiger partial charge in [-0.3, -0.25) is 4.79 Å². The van der Waals surface area contributed by atoms with Crippen molar-refractivity contribution < 1.29 is 22.1 Å². The van der Waals surface area contributed by atoms with Gasteiger partial charge in [0.05, 0.1) is 12.0 Å². The maximum atomic E-state index is 12.5. The smallest absolute Gasteiger partial charge is 0.378 e. The molecule has 8 heteroatoms. The van der Waals surface area contributed by atoms with Crippen LogP contribution in [-0.2, 0) is 24.0 Å². The Morgan fingerprint density at radius 1 is 1.37 bits per heavy atom. The van der Waals surface area contributed by atoms with Crippen LogP contribution in [0.15, 0.2) is 28.7 Å². The fourth-order valence-corrected chi connectivity index (χ4v) is 4.66. The summed E-state index contributed by atoms with van der Waals surface area (Å²) in [5, 5.41) is 0. The molecule has 0 bridgehead atoms. The first kappa shape index (κ1) is 20.5. The van der Waals surface area contributed by atoms with Crippen LogP contribution in [0.4, 0.5) is 0 Å². The molecule has 27 heavy (non-hydrogen) atoms. The lowest BCUT2D eigenvalue weighted by molar-refractivity contribution is -0.143. The Balaban J connectivity index is 1.64. The van der Waals surface area contributed by atoms with E-state index in [9.17, 15) is 13.2 Å². The Morgan fingerprint density at radius 3 is 2.78 bits per heavy atom. The van der Waals surface area contributed by atoms with Gasteiger partial charge in [0.25, 0.3) is 0 Å². The Hall–Kier alpha value is -1.22. The summed E-state index contributed by atoms with van der Waals surface area (Å²) in [4.78, 5) is 12.3. The highest BCUT2D eigenvalue weighted by atomic mass is 79.9. The molecule has 1 aromatic carbocycles. The minimum absolute atomic E-state index is 0.0613. The van der Waals surface area contributed by atoms with Crippen LogP contribution in [0.25, 0.3) is 5.57 Å². The van der Waals surface area contributed by atoms with Gasteiger partial charge >= 0.3 is 16.3 Å². The Bertz CT molecular complexity index is 852. The average molecular weight is 458 g/mol. The second-order valence-electron chi connectivity index (χ2n) is 7.06. The third-order valence-corrected chi connectivity index (χ3v) is 7.25. The van der Waals surface area contributed by atoms with Crippen LogP contribution in [0.5, 0.6) is 0 Å². The highest BCUT2D eigenvalue weighted by Crippen LogP contribution is 2.28. The van der Waals surface area contributed by atoms with Crippen molar-refractivity contribution in [1.29, 1.82) is 0 Å². The van der Waals surface area contributed by atoms with Gasteiger partial charge in [0.15, 0.2) is 0 Å². The summed E-state index contributed by atoms with van der Waals surface area (Å²) in [5.41, 5.74) is 3.31. The van der Waals surface area contributed by atoms with E-state index in [1.807, 2.05) is 32.1 Å². The molecule has 2 heterocycles. The van der Waals surface area contributed by atoms with E-state index >= 15 is 0 Å². The molecule has 2 atom stereocenters. The largest absolute Gasteiger partial charge is 0.387 e. The lowest BCUT2D eigenvalue weighted by Crippen LogP contribution is -2.39. The van der Waals surface area contributed by atoms with E-state index in [4.69, 9.17) is 8.92 Å². The predicted octanol–water partition coefficient (Wildman–Crippen LogP) is 3.45. The quantitative estimate of drug-likeness (QED) is 0.691. The molecule has 0 aliphatic carbocycles. The van der Waals surface area contributed by atoms with Crippen LogP contribution in [0.1, 0.15) is 37.3 Å². The predicted molar refractivity (Wildman–Crippen MR) is 106 cm³/mol. The van der Waals surface area contributed by atoms with Gasteiger partial charge < -0.3 is 8.92 Å². The number of nitrogens with zero attached hydrogens (tertiary/aromatic N) is 1. The molecule has 2 unspecified atom stereocenters. The molecule has 1 aromatic rings. The van der Waals surface area contributed by atoms with Gasteiger partial charge in [-0.05, 0) is 55.9 Å². The fourth-order valence-electron chi connectivity index (χ4n) is 3.40. The summed E-state index contributed by atoms with van der Waals surface area (Å²) in [6.07, 6.45) is 3.38. The van der Waals surface area contributed by atoms with Gasteiger partial charge in [-0.2, -0.15) is 12.7 Å². The molecule has 148 valence electrons. The molecule has 2 aliphatic heterocycles. The minimum atomic E-state index is -4.08. The molecule has 0 amide bonds. The first-order valence-electron chi connectivity index (χ1n) is 9.07. The molecule has 0 N–H and O–H groups in total. The first-order chi connectivity index (χ1) is 12.8. The highest BCUT2D eigenvalue weighted by molar-refractivity contribution is 9.10. The number of aryl methyl sites for hydroxylation is 1. The molecule has 0 aromatic heterocycles. The maximum absolute atomic E-state index is 12.5. The van der Waals surface area contributed by atoms with Crippen molar-refractivity contribution >= 4 is 37.8 Å². The van der Waals surface area contributed by atoms with E-state index < -0.39 is 22.2 Å². The summed E-state index contributed by atoms with van der Waals surface area (Å²) in [6.45, 7) is 4.83. The normalized spacial score (nSPS) is 24.3. The number of carbonyl (C=O) groups is 1. The molecule has 2 aliphatic rings. The SMILES string of the molecule is Cc1cc(C2=CCN(S(=O)(=O)OC(=O)C3CCOC(C)C3)CC2)ccc1Br. The molecule has 3 rings (SSSR count). The Labute approximate surface area is 168 Å². The molecule has 6 nitrogen and oxygen atoms in total. The van der Waals surface area contributed by atoms with Crippen LogP contribution in [-0.4, -0.2) is 44.5 Å². The monoisotopic (exact) mass is 457 g/mol. The Kier molecular flexibility index (Phi) is 6.40. The summed E-state index contributed by atoms with van der Waals surface area (Å²) >= 11 is 3.48. The van der Waals surface area contributed by atoms with E-state index in [1.165, 1.54) is 4.31 Å². The number of hydrogen-bond donors (Lipinski definition) is 0. The standard InChI is InChI=1S/C19H24BrNO5S/c1-13-11-16(3-4-18(13)20)15-5-8-21(9-6-15)27(23,24)26-19(22)17-7-10-25-14(2)12-17/h3-5,11,14,17H,6-10,12H2,1-2H3.